The molecule has 86 valence electrons. The Kier molecular flexibility index (Phi) is 13.8. The fraction of sp³-hybridized carbons (Fsp3) is 0.857. The summed E-state index contributed by atoms with van der Waals surface area (Å²) in [7, 11) is -3.13. The highest BCUT2D eigenvalue weighted by Gasteiger charge is 2.02. The van der Waals surface area contributed by atoms with Gasteiger partial charge in [0.05, 0.1) is 0 Å². The van der Waals surface area contributed by atoms with Gasteiger partial charge in [-0.15, -0.1) is 0 Å². The Balaban J connectivity index is 0. The first-order chi connectivity index (χ1) is 6.49. The van der Waals surface area contributed by atoms with Crippen molar-refractivity contribution in [2.24, 2.45) is 0 Å². The molecule has 0 spiro atoms. The van der Waals surface area contributed by atoms with E-state index in [1.165, 1.54) is 0 Å². The molecule has 0 radical (unpaired) electrons. The molecule has 0 saturated heterocycles. The van der Waals surface area contributed by atoms with Gasteiger partial charge in [0.1, 0.15) is 4.32 Å². The molecule has 0 aliphatic carbocycles. The van der Waals surface area contributed by atoms with Gasteiger partial charge >= 0.3 is 8.25 Å². The summed E-state index contributed by atoms with van der Waals surface area (Å²) in [6.45, 7) is 8.45. The number of nitrogens with zero attached hydrogens (tertiary/aromatic N) is 1. The van der Waals surface area contributed by atoms with Crippen LogP contribution in [0.15, 0.2) is 0 Å². The van der Waals surface area contributed by atoms with E-state index in [0.717, 1.165) is 23.2 Å². The molecule has 2 N–H and O–H groups in total. The Bertz CT molecular complexity index is 172. The molecule has 0 rings (SSSR count). The van der Waals surface area contributed by atoms with Gasteiger partial charge in [0.25, 0.3) is 0 Å². The monoisotopic (exact) mass is 259 g/mol. The van der Waals surface area contributed by atoms with Crippen molar-refractivity contribution >= 4 is 36.6 Å². The van der Waals surface area contributed by atoms with Gasteiger partial charge in [0.15, 0.2) is 0 Å². The van der Waals surface area contributed by atoms with E-state index in [4.69, 9.17) is 26.6 Å². The van der Waals surface area contributed by atoms with E-state index in [9.17, 15) is 0 Å². The SMILES string of the molecule is CCSC(=S)N(CC)CC.O=[PH](O)O. The minimum atomic E-state index is -3.13. The fourth-order valence-corrected chi connectivity index (χ4v) is 2.00. The van der Waals surface area contributed by atoms with Crippen molar-refractivity contribution in [2.75, 3.05) is 18.8 Å². The zero-order valence-electron chi connectivity index (χ0n) is 8.69. The lowest BCUT2D eigenvalue weighted by molar-refractivity contribution is 0.405. The van der Waals surface area contributed by atoms with Crippen molar-refractivity contribution < 1.29 is 14.4 Å². The zero-order chi connectivity index (χ0) is 11.6. The van der Waals surface area contributed by atoms with Crippen LogP contribution in [0.2, 0.25) is 0 Å². The molecule has 0 aromatic rings. The molecule has 0 aliphatic heterocycles. The van der Waals surface area contributed by atoms with E-state index < -0.39 is 8.25 Å². The standard InChI is InChI=1S/C7H15NS2.H3O3P/c1-4-8(5-2)7(9)10-6-3;1-4(2)3/h4-6H2,1-3H3;4H,(H2,1,2,3). The molecule has 0 heterocycles. The van der Waals surface area contributed by atoms with E-state index in [2.05, 4.69) is 25.7 Å². The number of thioether (sulfide) groups is 1. The summed E-state index contributed by atoms with van der Waals surface area (Å²) in [4.78, 5) is 16.5. The van der Waals surface area contributed by atoms with E-state index in [1.54, 1.807) is 11.8 Å². The molecule has 0 fully saturated rings. The number of thiocarbonyl (C=S) groups is 1. The predicted molar refractivity (Wildman–Crippen MR) is 67.1 cm³/mol. The lowest BCUT2D eigenvalue weighted by Gasteiger charge is -2.20. The highest BCUT2D eigenvalue weighted by atomic mass is 32.2. The molecule has 0 atom stereocenters. The maximum Gasteiger partial charge on any atom is 0.314 e. The predicted octanol–water partition coefficient (Wildman–Crippen LogP) is 1.73. The van der Waals surface area contributed by atoms with E-state index in [-0.39, 0.29) is 0 Å². The van der Waals surface area contributed by atoms with Crippen LogP contribution in [-0.4, -0.2) is 37.8 Å². The Morgan fingerprint density at radius 1 is 1.36 bits per heavy atom. The first-order valence-electron chi connectivity index (χ1n) is 4.33. The number of hydrogen-bond acceptors (Lipinski definition) is 3. The maximum atomic E-state index is 8.74. The van der Waals surface area contributed by atoms with Crippen molar-refractivity contribution in [2.45, 2.75) is 20.8 Å². The van der Waals surface area contributed by atoms with Crippen LogP contribution in [0.25, 0.3) is 0 Å². The molecule has 0 aromatic heterocycles. The van der Waals surface area contributed by atoms with Gasteiger partial charge in [-0.25, -0.2) is 0 Å². The average Bonchev–Trinajstić information content (AvgIpc) is 2.06. The normalized spacial score (nSPS) is 9.29. The Morgan fingerprint density at radius 3 is 1.93 bits per heavy atom. The number of rotatable bonds is 3. The van der Waals surface area contributed by atoms with Crippen LogP contribution in [0.1, 0.15) is 20.8 Å². The molecule has 4 nitrogen and oxygen atoms in total. The van der Waals surface area contributed by atoms with Crippen molar-refractivity contribution in [3.63, 3.8) is 0 Å². The van der Waals surface area contributed by atoms with Crippen LogP contribution in [0.4, 0.5) is 0 Å². The summed E-state index contributed by atoms with van der Waals surface area (Å²) in [6.07, 6.45) is 0. The van der Waals surface area contributed by atoms with E-state index >= 15 is 0 Å². The lowest BCUT2D eigenvalue weighted by Crippen LogP contribution is -2.26. The molecule has 7 heteroatoms. The molecule has 0 bridgehead atoms. The summed E-state index contributed by atoms with van der Waals surface area (Å²) in [5.74, 6) is 1.08. The summed E-state index contributed by atoms with van der Waals surface area (Å²) < 4.78 is 9.78. The second-order valence-corrected chi connectivity index (χ2v) is 4.62. The summed E-state index contributed by atoms with van der Waals surface area (Å²) in [5, 5.41) is 0. The topological polar surface area (TPSA) is 60.8 Å². The third-order valence-corrected chi connectivity index (χ3v) is 2.70. The first-order valence-corrected chi connectivity index (χ1v) is 7.02. The van der Waals surface area contributed by atoms with Crippen LogP contribution >= 0.6 is 32.2 Å². The van der Waals surface area contributed by atoms with Gasteiger partial charge < -0.3 is 14.7 Å². The van der Waals surface area contributed by atoms with Crippen LogP contribution in [0.5, 0.6) is 0 Å². The van der Waals surface area contributed by atoms with Gasteiger partial charge in [-0.1, -0.05) is 30.9 Å². The zero-order valence-corrected chi connectivity index (χ0v) is 11.3. The Labute approximate surface area is 95.6 Å². The molecular formula is C7H18NO3PS2. The maximum absolute atomic E-state index is 8.74. The molecule has 0 unspecified atom stereocenters. The minimum Gasteiger partial charge on any atom is -0.358 e. The fourth-order valence-electron chi connectivity index (χ4n) is 0.697. The van der Waals surface area contributed by atoms with Gasteiger partial charge in [-0.3, -0.25) is 4.57 Å². The van der Waals surface area contributed by atoms with Gasteiger partial charge in [-0.2, -0.15) is 0 Å². The second-order valence-electron chi connectivity index (χ2n) is 2.15. The molecule has 14 heavy (non-hydrogen) atoms. The third kappa shape index (κ3) is 12.4. The molecule has 0 saturated carbocycles. The van der Waals surface area contributed by atoms with E-state index in [1.807, 2.05) is 0 Å². The van der Waals surface area contributed by atoms with Gasteiger partial charge in [-0.05, 0) is 19.6 Å². The second kappa shape index (κ2) is 11.5. The largest absolute Gasteiger partial charge is 0.358 e. The molecule has 0 amide bonds. The Morgan fingerprint density at radius 2 is 1.71 bits per heavy atom. The van der Waals surface area contributed by atoms with Crippen LogP contribution in [0, 0.1) is 0 Å². The molecule has 0 aromatic carbocycles. The highest BCUT2D eigenvalue weighted by molar-refractivity contribution is 8.22. The summed E-state index contributed by atoms with van der Waals surface area (Å²) >= 11 is 6.91. The first kappa shape index (κ1) is 16.8. The van der Waals surface area contributed by atoms with Crippen LogP contribution in [-0.2, 0) is 4.57 Å². The lowest BCUT2D eigenvalue weighted by atomic mass is 10.6. The minimum absolute atomic E-state index is 1.03. The van der Waals surface area contributed by atoms with Crippen LogP contribution in [0.3, 0.4) is 0 Å². The number of hydrogen-bond donors (Lipinski definition) is 2. The van der Waals surface area contributed by atoms with Crippen molar-refractivity contribution in [1.82, 2.24) is 4.90 Å². The Hall–Kier alpha value is 0.390. The highest BCUT2D eigenvalue weighted by Crippen LogP contribution is 2.07. The van der Waals surface area contributed by atoms with E-state index in [0.29, 0.717) is 0 Å². The molecule has 0 aliphatic rings. The van der Waals surface area contributed by atoms with Crippen molar-refractivity contribution in [3.05, 3.63) is 0 Å². The summed E-state index contributed by atoms with van der Waals surface area (Å²) in [5.41, 5.74) is 0. The summed E-state index contributed by atoms with van der Waals surface area (Å²) in [6, 6.07) is 0. The van der Waals surface area contributed by atoms with Gasteiger partial charge in [0, 0.05) is 13.1 Å². The average molecular weight is 259 g/mol. The quantitative estimate of drug-likeness (QED) is 0.594. The van der Waals surface area contributed by atoms with Gasteiger partial charge in [0.2, 0.25) is 0 Å². The smallest absolute Gasteiger partial charge is 0.314 e. The van der Waals surface area contributed by atoms with Crippen molar-refractivity contribution in [3.8, 4) is 0 Å². The third-order valence-electron chi connectivity index (χ3n) is 1.29. The van der Waals surface area contributed by atoms with Crippen molar-refractivity contribution in [1.29, 1.82) is 0 Å². The van der Waals surface area contributed by atoms with Crippen LogP contribution < -0.4 is 0 Å². The molecular weight excluding hydrogens is 241 g/mol.